The van der Waals surface area contributed by atoms with Gasteiger partial charge >= 0.3 is 0 Å². The van der Waals surface area contributed by atoms with Crippen LogP contribution in [0.5, 0.6) is 0 Å². The first-order valence-electron chi connectivity index (χ1n) is 6.03. The SMILES string of the molecule is CCCCC(CCC)C(O)(O)CCC. The van der Waals surface area contributed by atoms with E-state index in [2.05, 4.69) is 13.8 Å². The van der Waals surface area contributed by atoms with Crippen LogP contribution < -0.4 is 0 Å². The van der Waals surface area contributed by atoms with Gasteiger partial charge < -0.3 is 10.2 Å². The van der Waals surface area contributed by atoms with E-state index in [-0.39, 0.29) is 5.92 Å². The molecule has 1 atom stereocenters. The summed E-state index contributed by atoms with van der Waals surface area (Å²) < 4.78 is 0. The van der Waals surface area contributed by atoms with Gasteiger partial charge in [-0.1, -0.05) is 46.5 Å². The molecule has 0 radical (unpaired) electrons. The third-order valence-corrected chi connectivity index (χ3v) is 2.82. The van der Waals surface area contributed by atoms with Crippen molar-refractivity contribution >= 4 is 0 Å². The van der Waals surface area contributed by atoms with Gasteiger partial charge in [0.2, 0.25) is 0 Å². The molecule has 14 heavy (non-hydrogen) atoms. The molecule has 0 aliphatic heterocycles. The highest BCUT2D eigenvalue weighted by Gasteiger charge is 2.31. The maximum atomic E-state index is 9.89. The van der Waals surface area contributed by atoms with Crippen LogP contribution in [0.1, 0.15) is 65.7 Å². The molecule has 0 saturated carbocycles. The highest BCUT2D eigenvalue weighted by molar-refractivity contribution is 4.75. The standard InChI is InChI=1S/C12H26O2/c1-4-7-9-11(8-5-2)12(13,14)10-6-3/h11,13-14H,4-10H2,1-3H3. The molecule has 0 aliphatic rings. The quantitative estimate of drug-likeness (QED) is 0.594. The zero-order chi connectivity index (χ0) is 11.0. The predicted octanol–water partition coefficient (Wildman–Crippen LogP) is 3.07. The van der Waals surface area contributed by atoms with Gasteiger partial charge in [-0.05, 0) is 12.8 Å². The van der Waals surface area contributed by atoms with E-state index in [9.17, 15) is 10.2 Å². The summed E-state index contributed by atoms with van der Waals surface area (Å²) in [7, 11) is 0. The summed E-state index contributed by atoms with van der Waals surface area (Å²) in [6.07, 6.45) is 6.45. The molecule has 0 rings (SSSR count). The van der Waals surface area contributed by atoms with Crippen LogP contribution in [-0.2, 0) is 0 Å². The van der Waals surface area contributed by atoms with Crippen LogP contribution in [0.2, 0.25) is 0 Å². The van der Waals surface area contributed by atoms with E-state index in [1.54, 1.807) is 0 Å². The van der Waals surface area contributed by atoms with E-state index >= 15 is 0 Å². The predicted molar refractivity (Wildman–Crippen MR) is 60.0 cm³/mol. The maximum Gasteiger partial charge on any atom is 0.165 e. The summed E-state index contributed by atoms with van der Waals surface area (Å²) in [5.74, 6) is -1.37. The van der Waals surface area contributed by atoms with Gasteiger partial charge in [0.25, 0.3) is 0 Å². The number of hydrogen-bond donors (Lipinski definition) is 2. The molecule has 0 spiro atoms. The van der Waals surface area contributed by atoms with E-state index in [1.807, 2.05) is 6.92 Å². The van der Waals surface area contributed by atoms with Crippen LogP contribution in [0, 0.1) is 5.92 Å². The van der Waals surface area contributed by atoms with Crippen molar-refractivity contribution in [2.75, 3.05) is 0 Å². The lowest BCUT2D eigenvalue weighted by Gasteiger charge is -2.31. The summed E-state index contributed by atoms with van der Waals surface area (Å²) in [5.41, 5.74) is 0. The van der Waals surface area contributed by atoms with Crippen molar-refractivity contribution in [3.63, 3.8) is 0 Å². The fourth-order valence-electron chi connectivity index (χ4n) is 1.98. The van der Waals surface area contributed by atoms with Crippen LogP contribution in [0.4, 0.5) is 0 Å². The minimum Gasteiger partial charge on any atom is -0.365 e. The number of unbranched alkanes of at least 4 members (excludes halogenated alkanes) is 1. The van der Waals surface area contributed by atoms with Crippen molar-refractivity contribution in [3.05, 3.63) is 0 Å². The van der Waals surface area contributed by atoms with Gasteiger partial charge in [-0.2, -0.15) is 0 Å². The van der Waals surface area contributed by atoms with Gasteiger partial charge in [-0.25, -0.2) is 0 Å². The second-order valence-corrected chi connectivity index (χ2v) is 4.26. The van der Waals surface area contributed by atoms with Crippen molar-refractivity contribution in [1.29, 1.82) is 0 Å². The molecular formula is C12H26O2. The fourth-order valence-corrected chi connectivity index (χ4v) is 1.98. The molecule has 2 N–H and O–H groups in total. The van der Waals surface area contributed by atoms with Crippen LogP contribution >= 0.6 is 0 Å². The smallest absolute Gasteiger partial charge is 0.165 e. The minimum atomic E-state index is -1.43. The largest absolute Gasteiger partial charge is 0.365 e. The highest BCUT2D eigenvalue weighted by Crippen LogP contribution is 2.29. The van der Waals surface area contributed by atoms with Crippen molar-refractivity contribution in [2.45, 2.75) is 71.5 Å². The molecular weight excluding hydrogens is 176 g/mol. The second-order valence-electron chi connectivity index (χ2n) is 4.26. The van der Waals surface area contributed by atoms with Gasteiger partial charge in [-0.3, -0.25) is 0 Å². The average Bonchev–Trinajstić information content (AvgIpc) is 2.11. The molecule has 0 aliphatic carbocycles. The lowest BCUT2D eigenvalue weighted by molar-refractivity contribution is -0.208. The second kappa shape index (κ2) is 7.24. The number of hydrogen-bond acceptors (Lipinski definition) is 2. The Morgan fingerprint density at radius 3 is 2.00 bits per heavy atom. The van der Waals surface area contributed by atoms with Gasteiger partial charge in [0.1, 0.15) is 0 Å². The molecule has 0 bridgehead atoms. The highest BCUT2D eigenvalue weighted by atomic mass is 16.5. The molecule has 0 aromatic carbocycles. The first kappa shape index (κ1) is 13.9. The third kappa shape index (κ3) is 4.97. The van der Waals surface area contributed by atoms with E-state index in [1.165, 1.54) is 0 Å². The van der Waals surface area contributed by atoms with Crippen LogP contribution in [0.3, 0.4) is 0 Å². The monoisotopic (exact) mass is 202 g/mol. The molecule has 2 nitrogen and oxygen atoms in total. The number of aliphatic hydroxyl groups is 2. The molecule has 86 valence electrons. The Morgan fingerprint density at radius 2 is 1.57 bits per heavy atom. The zero-order valence-electron chi connectivity index (χ0n) is 9.92. The van der Waals surface area contributed by atoms with Gasteiger partial charge in [-0.15, -0.1) is 0 Å². The first-order chi connectivity index (χ1) is 6.58. The fraction of sp³-hybridized carbons (Fsp3) is 1.00. The normalized spacial score (nSPS) is 14.4. The van der Waals surface area contributed by atoms with Crippen molar-refractivity contribution in [2.24, 2.45) is 5.92 Å². The Kier molecular flexibility index (Phi) is 7.20. The van der Waals surface area contributed by atoms with Gasteiger partial charge in [0, 0.05) is 12.3 Å². The molecule has 0 saturated heterocycles. The minimum absolute atomic E-state index is 0.0624. The van der Waals surface area contributed by atoms with E-state index in [4.69, 9.17) is 0 Å². The van der Waals surface area contributed by atoms with Crippen molar-refractivity contribution in [1.82, 2.24) is 0 Å². The maximum absolute atomic E-state index is 9.89. The van der Waals surface area contributed by atoms with E-state index < -0.39 is 5.79 Å². The summed E-state index contributed by atoms with van der Waals surface area (Å²) >= 11 is 0. The molecule has 1 unspecified atom stereocenters. The van der Waals surface area contributed by atoms with Crippen LogP contribution in [-0.4, -0.2) is 16.0 Å². The molecule has 0 heterocycles. The Bertz CT molecular complexity index is 132. The van der Waals surface area contributed by atoms with Gasteiger partial charge in [0.05, 0.1) is 0 Å². The van der Waals surface area contributed by atoms with E-state index in [0.29, 0.717) is 6.42 Å². The summed E-state index contributed by atoms with van der Waals surface area (Å²) in [6, 6.07) is 0. The zero-order valence-corrected chi connectivity index (χ0v) is 9.92. The van der Waals surface area contributed by atoms with Crippen LogP contribution in [0.15, 0.2) is 0 Å². The first-order valence-corrected chi connectivity index (χ1v) is 6.03. The lowest BCUT2D eigenvalue weighted by Crippen LogP contribution is -2.37. The van der Waals surface area contributed by atoms with E-state index in [0.717, 1.165) is 38.5 Å². The topological polar surface area (TPSA) is 40.5 Å². The summed E-state index contributed by atoms with van der Waals surface area (Å²) in [6.45, 7) is 6.23. The number of rotatable bonds is 8. The van der Waals surface area contributed by atoms with Crippen LogP contribution in [0.25, 0.3) is 0 Å². The molecule has 0 aromatic heterocycles. The average molecular weight is 202 g/mol. The molecule has 0 fully saturated rings. The molecule has 0 aromatic rings. The van der Waals surface area contributed by atoms with Crippen molar-refractivity contribution in [3.8, 4) is 0 Å². The Hall–Kier alpha value is -0.0800. The van der Waals surface area contributed by atoms with Crippen molar-refractivity contribution < 1.29 is 10.2 Å². The Labute approximate surface area is 88.3 Å². The Morgan fingerprint density at radius 1 is 0.929 bits per heavy atom. The van der Waals surface area contributed by atoms with Gasteiger partial charge in [0.15, 0.2) is 5.79 Å². The molecule has 2 heteroatoms. The Balaban J connectivity index is 4.14. The third-order valence-electron chi connectivity index (χ3n) is 2.82. The summed E-state index contributed by atoms with van der Waals surface area (Å²) in [5, 5.41) is 19.8. The summed E-state index contributed by atoms with van der Waals surface area (Å²) in [4.78, 5) is 0. The molecule has 0 amide bonds. The lowest BCUT2D eigenvalue weighted by atomic mass is 9.86.